The van der Waals surface area contributed by atoms with Gasteiger partial charge in [0.15, 0.2) is 9.84 Å². The molecule has 1 aromatic carbocycles. The molecule has 1 heterocycles. The minimum Gasteiger partial charge on any atom is -0.347 e. The predicted octanol–water partition coefficient (Wildman–Crippen LogP) is 2.04. The molecule has 0 fully saturated rings. The van der Waals surface area contributed by atoms with E-state index in [4.69, 9.17) is 0 Å². The molecule has 112 valence electrons. The van der Waals surface area contributed by atoms with Crippen LogP contribution in [-0.2, 0) is 9.84 Å². The number of aryl methyl sites for hydroxylation is 1. The van der Waals surface area contributed by atoms with Crippen LogP contribution >= 0.6 is 11.3 Å². The molecule has 2 rings (SSSR count). The molecule has 1 aromatic heterocycles. The van der Waals surface area contributed by atoms with Crippen LogP contribution in [0, 0.1) is 6.92 Å². The van der Waals surface area contributed by atoms with E-state index >= 15 is 0 Å². The number of aromatic nitrogens is 1. The lowest BCUT2D eigenvalue weighted by atomic mass is 10.2. The summed E-state index contributed by atoms with van der Waals surface area (Å²) in [4.78, 5) is 16.0. The van der Waals surface area contributed by atoms with Gasteiger partial charge in [0.2, 0.25) is 0 Å². The number of benzene rings is 1. The van der Waals surface area contributed by atoms with Crippen LogP contribution in [-0.4, -0.2) is 31.1 Å². The normalized spacial score (nSPS) is 12.9. The Labute approximate surface area is 128 Å². The molecular weight excluding hydrogens is 308 g/mol. The lowest BCUT2D eigenvalue weighted by molar-refractivity contribution is 0.0939. The van der Waals surface area contributed by atoms with E-state index < -0.39 is 15.9 Å². The van der Waals surface area contributed by atoms with Crippen molar-refractivity contribution in [2.75, 3.05) is 5.75 Å². The van der Waals surface area contributed by atoms with Crippen molar-refractivity contribution in [3.63, 3.8) is 0 Å². The highest BCUT2D eigenvalue weighted by Gasteiger charge is 2.20. The summed E-state index contributed by atoms with van der Waals surface area (Å²) < 4.78 is 24.5. The fraction of sp³-hybridized carbons (Fsp3) is 0.286. The lowest BCUT2D eigenvalue weighted by Gasteiger charge is -2.13. The molecule has 1 atom stereocenters. The molecule has 0 radical (unpaired) electrons. The number of carbonyl (C=O) groups is 1. The van der Waals surface area contributed by atoms with Gasteiger partial charge in [0.05, 0.1) is 16.2 Å². The van der Waals surface area contributed by atoms with Gasteiger partial charge < -0.3 is 5.32 Å². The van der Waals surface area contributed by atoms with Gasteiger partial charge in [0.25, 0.3) is 5.91 Å². The molecule has 0 bridgehead atoms. The molecule has 0 aliphatic carbocycles. The number of sulfone groups is 1. The van der Waals surface area contributed by atoms with Gasteiger partial charge in [-0.05, 0) is 26.0 Å². The highest BCUT2D eigenvalue weighted by molar-refractivity contribution is 7.91. The Hall–Kier alpha value is -1.73. The van der Waals surface area contributed by atoms with Crippen LogP contribution in [0.4, 0.5) is 0 Å². The molecular formula is C14H16N2O3S2. The summed E-state index contributed by atoms with van der Waals surface area (Å²) >= 11 is 1.32. The minimum atomic E-state index is -3.42. The van der Waals surface area contributed by atoms with Crippen molar-refractivity contribution in [3.8, 4) is 0 Å². The van der Waals surface area contributed by atoms with Crippen molar-refractivity contribution in [1.29, 1.82) is 0 Å². The van der Waals surface area contributed by atoms with Crippen LogP contribution < -0.4 is 5.32 Å². The topological polar surface area (TPSA) is 76.1 Å². The van der Waals surface area contributed by atoms with Crippen molar-refractivity contribution in [2.24, 2.45) is 0 Å². The maximum absolute atomic E-state index is 12.3. The van der Waals surface area contributed by atoms with E-state index in [1.165, 1.54) is 11.3 Å². The summed E-state index contributed by atoms with van der Waals surface area (Å²) in [6.45, 7) is 3.56. The zero-order chi connectivity index (χ0) is 15.5. The third-order valence-electron chi connectivity index (χ3n) is 2.89. The Kier molecular flexibility index (Phi) is 4.74. The fourth-order valence-corrected chi connectivity index (χ4v) is 3.85. The molecule has 0 saturated carbocycles. The second kappa shape index (κ2) is 6.36. The van der Waals surface area contributed by atoms with E-state index in [1.807, 2.05) is 6.92 Å². The third-order valence-corrected chi connectivity index (χ3v) is 5.41. The lowest BCUT2D eigenvalue weighted by Crippen LogP contribution is -2.37. The van der Waals surface area contributed by atoms with Gasteiger partial charge in [-0.15, -0.1) is 11.3 Å². The van der Waals surface area contributed by atoms with Gasteiger partial charge >= 0.3 is 0 Å². The van der Waals surface area contributed by atoms with Crippen LogP contribution in [0.15, 0.2) is 40.1 Å². The smallest absolute Gasteiger partial charge is 0.270 e. The summed E-state index contributed by atoms with van der Waals surface area (Å²) in [7, 11) is -3.42. The second-order valence-electron chi connectivity index (χ2n) is 4.84. The molecule has 21 heavy (non-hydrogen) atoms. The molecule has 2 aromatic rings. The molecule has 1 amide bonds. The number of nitrogens with zero attached hydrogens (tertiary/aromatic N) is 1. The van der Waals surface area contributed by atoms with E-state index in [0.717, 1.165) is 5.56 Å². The monoisotopic (exact) mass is 324 g/mol. The van der Waals surface area contributed by atoms with Crippen molar-refractivity contribution in [1.82, 2.24) is 10.3 Å². The van der Waals surface area contributed by atoms with E-state index in [9.17, 15) is 13.2 Å². The number of rotatable bonds is 5. The Morgan fingerprint density at radius 3 is 2.57 bits per heavy atom. The zero-order valence-corrected chi connectivity index (χ0v) is 13.4. The quantitative estimate of drug-likeness (QED) is 0.913. The Morgan fingerprint density at radius 1 is 1.33 bits per heavy atom. The first-order chi connectivity index (χ1) is 9.88. The third kappa shape index (κ3) is 4.12. The van der Waals surface area contributed by atoms with Crippen LogP contribution in [0.3, 0.4) is 0 Å². The number of carbonyl (C=O) groups excluding carboxylic acids is 1. The van der Waals surface area contributed by atoms with E-state index in [0.29, 0.717) is 5.69 Å². The maximum Gasteiger partial charge on any atom is 0.270 e. The second-order valence-corrected chi connectivity index (χ2v) is 7.60. The number of thiazole rings is 1. The maximum atomic E-state index is 12.3. The first-order valence-electron chi connectivity index (χ1n) is 6.37. The van der Waals surface area contributed by atoms with Crippen molar-refractivity contribution in [3.05, 3.63) is 46.4 Å². The predicted molar refractivity (Wildman–Crippen MR) is 82.3 cm³/mol. The van der Waals surface area contributed by atoms with Crippen molar-refractivity contribution >= 4 is 27.1 Å². The summed E-state index contributed by atoms with van der Waals surface area (Å²) in [6, 6.07) is 6.18. The average molecular weight is 324 g/mol. The summed E-state index contributed by atoms with van der Waals surface area (Å²) in [5.74, 6) is -0.505. The number of amides is 1. The van der Waals surface area contributed by atoms with Gasteiger partial charge in [0, 0.05) is 11.4 Å². The molecule has 7 heteroatoms. The highest BCUT2D eigenvalue weighted by atomic mass is 32.2. The van der Waals surface area contributed by atoms with Gasteiger partial charge in [-0.2, -0.15) is 0 Å². The molecule has 0 saturated heterocycles. The SMILES string of the molecule is Cc1ccc(S(=O)(=O)CC(C)NC(=O)c2cscn2)cc1. The van der Waals surface area contributed by atoms with Crippen molar-refractivity contribution < 1.29 is 13.2 Å². The van der Waals surface area contributed by atoms with Crippen molar-refractivity contribution in [2.45, 2.75) is 24.8 Å². The molecule has 5 nitrogen and oxygen atoms in total. The standard InChI is InChI=1S/C14H16N2O3S2/c1-10-3-5-12(6-4-10)21(18,19)8-11(2)16-14(17)13-7-20-9-15-13/h3-7,9,11H,8H2,1-2H3,(H,16,17). The van der Waals surface area contributed by atoms with Gasteiger partial charge in [-0.3, -0.25) is 4.79 Å². The van der Waals surface area contributed by atoms with E-state index in [1.54, 1.807) is 42.1 Å². The molecule has 0 spiro atoms. The average Bonchev–Trinajstić information content (AvgIpc) is 2.92. The zero-order valence-electron chi connectivity index (χ0n) is 11.7. The van der Waals surface area contributed by atoms with Crippen LogP contribution in [0.2, 0.25) is 0 Å². The van der Waals surface area contributed by atoms with Gasteiger partial charge in [-0.1, -0.05) is 17.7 Å². The molecule has 0 aliphatic rings. The van der Waals surface area contributed by atoms with Crippen LogP contribution in [0.5, 0.6) is 0 Å². The largest absolute Gasteiger partial charge is 0.347 e. The first kappa shape index (κ1) is 15.7. The first-order valence-corrected chi connectivity index (χ1v) is 8.96. The highest BCUT2D eigenvalue weighted by Crippen LogP contribution is 2.13. The number of hydrogen-bond donors (Lipinski definition) is 1. The fourth-order valence-electron chi connectivity index (χ4n) is 1.84. The Bertz CT molecular complexity index is 707. The summed E-state index contributed by atoms with van der Waals surface area (Å²) in [5.41, 5.74) is 2.86. The summed E-state index contributed by atoms with van der Waals surface area (Å²) in [6.07, 6.45) is 0. The van der Waals surface area contributed by atoms with E-state index in [-0.39, 0.29) is 16.6 Å². The Balaban J connectivity index is 2.03. The minimum absolute atomic E-state index is 0.147. The molecule has 1 N–H and O–H groups in total. The van der Waals surface area contributed by atoms with Crippen LogP contribution in [0.25, 0.3) is 0 Å². The molecule has 0 aliphatic heterocycles. The van der Waals surface area contributed by atoms with Gasteiger partial charge in [-0.25, -0.2) is 13.4 Å². The van der Waals surface area contributed by atoms with Gasteiger partial charge in [0.1, 0.15) is 5.69 Å². The van der Waals surface area contributed by atoms with E-state index in [2.05, 4.69) is 10.3 Å². The summed E-state index contributed by atoms with van der Waals surface area (Å²) in [5, 5.41) is 4.27. The Morgan fingerprint density at radius 2 is 2.00 bits per heavy atom. The molecule has 1 unspecified atom stereocenters. The number of nitrogens with one attached hydrogen (secondary N) is 1. The number of hydrogen-bond acceptors (Lipinski definition) is 5. The van der Waals surface area contributed by atoms with Crippen LogP contribution in [0.1, 0.15) is 23.0 Å².